The lowest BCUT2D eigenvalue weighted by Crippen LogP contribution is -2.46. The lowest BCUT2D eigenvalue weighted by Gasteiger charge is -2.28. The molecule has 0 radical (unpaired) electrons. The highest BCUT2D eigenvalue weighted by Crippen LogP contribution is 2.27. The van der Waals surface area contributed by atoms with Gasteiger partial charge < -0.3 is 15.0 Å². The largest absolute Gasteiger partial charge is 0.497 e. The van der Waals surface area contributed by atoms with Crippen molar-refractivity contribution in [3.05, 3.63) is 59.7 Å². The number of rotatable bonds is 5. The molecule has 0 atom stereocenters. The topological polar surface area (TPSA) is 71.0 Å². The van der Waals surface area contributed by atoms with Crippen molar-refractivity contribution in [2.45, 2.75) is 26.4 Å². The van der Waals surface area contributed by atoms with Gasteiger partial charge in [-0.15, -0.1) is 0 Å². The molecule has 1 aliphatic rings. The van der Waals surface area contributed by atoms with E-state index in [4.69, 9.17) is 4.74 Å². The SMILES string of the molecule is COc1ccc(C2=NC(C)(C)N(CC(=O)Nc3ccccc3C)C2=O)cc1. The highest BCUT2D eigenvalue weighted by molar-refractivity contribution is 6.47. The summed E-state index contributed by atoms with van der Waals surface area (Å²) in [5, 5.41) is 2.86. The van der Waals surface area contributed by atoms with Crippen molar-refractivity contribution in [1.82, 2.24) is 4.90 Å². The number of carbonyl (C=O) groups is 2. The predicted octanol–water partition coefficient (Wildman–Crippen LogP) is 3.01. The number of hydrogen-bond acceptors (Lipinski definition) is 4. The second kappa shape index (κ2) is 7.23. The molecule has 27 heavy (non-hydrogen) atoms. The summed E-state index contributed by atoms with van der Waals surface area (Å²) in [5.41, 5.74) is 1.97. The second-order valence-electron chi connectivity index (χ2n) is 6.94. The highest BCUT2D eigenvalue weighted by atomic mass is 16.5. The molecule has 3 rings (SSSR count). The van der Waals surface area contributed by atoms with Crippen LogP contribution in [0.25, 0.3) is 0 Å². The Labute approximate surface area is 158 Å². The average Bonchev–Trinajstić information content (AvgIpc) is 2.87. The van der Waals surface area contributed by atoms with Crippen LogP contribution in [-0.2, 0) is 9.59 Å². The predicted molar refractivity (Wildman–Crippen MR) is 105 cm³/mol. The van der Waals surface area contributed by atoms with Gasteiger partial charge in [0.2, 0.25) is 5.91 Å². The minimum atomic E-state index is -0.796. The van der Waals surface area contributed by atoms with E-state index in [-0.39, 0.29) is 18.4 Å². The maximum atomic E-state index is 12.9. The number of nitrogens with zero attached hydrogens (tertiary/aromatic N) is 2. The number of aliphatic imine (C=N–C) groups is 1. The van der Waals surface area contributed by atoms with Gasteiger partial charge in [-0.1, -0.05) is 18.2 Å². The number of anilines is 1. The van der Waals surface area contributed by atoms with Crippen molar-refractivity contribution in [2.75, 3.05) is 19.0 Å². The van der Waals surface area contributed by atoms with Crippen LogP contribution in [0, 0.1) is 6.92 Å². The molecule has 1 heterocycles. The lowest BCUT2D eigenvalue weighted by atomic mass is 10.1. The molecule has 0 unspecified atom stereocenters. The Kier molecular flexibility index (Phi) is 4.99. The van der Waals surface area contributed by atoms with Gasteiger partial charge in [0.15, 0.2) is 0 Å². The molecular formula is C21H23N3O3. The number of ether oxygens (including phenoxy) is 1. The van der Waals surface area contributed by atoms with Crippen LogP contribution in [0.15, 0.2) is 53.5 Å². The molecule has 2 amide bonds. The first-order chi connectivity index (χ1) is 12.8. The van der Waals surface area contributed by atoms with E-state index < -0.39 is 5.66 Å². The van der Waals surface area contributed by atoms with Crippen LogP contribution in [0.2, 0.25) is 0 Å². The van der Waals surface area contributed by atoms with Gasteiger partial charge in [-0.2, -0.15) is 0 Å². The zero-order valence-electron chi connectivity index (χ0n) is 15.9. The summed E-state index contributed by atoms with van der Waals surface area (Å²) in [4.78, 5) is 31.5. The van der Waals surface area contributed by atoms with E-state index >= 15 is 0 Å². The molecule has 0 saturated heterocycles. The Balaban J connectivity index is 1.76. The fourth-order valence-corrected chi connectivity index (χ4v) is 3.01. The fourth-order valence-electron chi connectivity index (χ4n) is 3.01. The Morgan fingerprint density at radius 2 is 1.81 bits per heavy atom. The van der Waals surface area contributed by atoms with Gasteiger partial charge in [-0.3, -0.25) is 14.6 Å². The van der Waals surface area contributed by atoms with Gasteiger partial charge in [0.25, 0.3) is 5.91 Å². The average molecular weight is 365 g/mol. The molecule has 0 saturated carbocycles. The first-order valence-electron chi connectivity index (χ1n) is 8.73. The molecule has 2 aromatic rings. The lowest BCUT2D eigenvalue weighted by molar-refractivity contribution is -0.131. The van der Waals surface area contributed by atoms with E-state index in [2.05, 4.69) is 10.3 Å². The first-order valence-corrected chi connectivity index (χ1v) is 8.73. The molecule has 6 nitrogen and oxygen atoms in total. The van der Waals surface area contributed by atoms with Gasteiger partial charge >= 0.3 is 0 Å². The minimum absolute atomic E-state index is 0.0661. The van der Waals surface area contributed by atoms with Crippen molar-refractivity contribution < 1.29 is 14.3 Å². The first kappa shape index (κ1) is 18.6. The van der Waals surface area contributed by atoms with E-state index in [0.29, 0.717) is 17.0 Å². The monoisotopic (exact) mass is 365 g/mol. The summed E-state index contributed by atoms with van der Waals surface area (Å²) in [6.45, 7) is 5.50. The molecular weight excluding hydrogens is 342 g/mol. The van der Waals surface area contributed by atoms with E-state index in [9.17, 15) is 9.59 Å². The summed E-state index contributed by atoms with van der Waals surface area (Å²) in [5.74, 6) is 0.195. The Morgan fingerprint density at radius 3 is 2.44 bits per heavy atom. The molecule has 140 valence electrons. The van der Waals surface area contributed by atoms with Gasteiger partial charge in [0.05, 0.1) is 7.11 Å². The molecule has 1 N–H and O–H groups in total. The van der Waals surface area contributed by atoms with E-state index in [0.717, 1.165) is 11.3 Å². The van der Waals surface area contributed by atoms with Crippen LogP contribution in [0.4, 0.5) is 5.69 Å². The van der Waals surface area contributed by atoms with Gasteiger partial charge in [0.1, 0.15) is 23.7 Å². The van der Waals surface area contributed by atoms with E-state index in [1.165, 1.54) is 4.90 Å². The molecule has 0 bridgehead atoms. The third-order valence-electron chi connectivity index (χ3n) is 4.58. The van der Waals surface area contributed by atoms with Crippen molar-refractivity contribution in [3.63, 3.8) is 0 Å². The third kappa shape index (κ3) is 3.84. The maximum Gasteiger partial charge on any atom is 0.275 e. The minimum Gasteiger partial charge on any atom is -0.497 e. The van der Waals surface area contributed by atoms with Gasteiger partial charge in [-0.05, 0) is 56.7 Å². The summed E-state index contributed by atoms with van der Waals surface area (Å²) in [6.07, 6.45) is 0. The quantitative estimate of drug-likeness (QED) is 0.885. The number of carbonyl (C=O) groups excluding carboxylic acids is 2. The molecule has 0 spiro atoms. The number of aryl methyl sites for hydroxylation is 1. The number of methoxy groups -OCH3 is 1. The van der Waals surface area contributed by atoms with Gasteiger partial charge in [0, 0.05) is 11.3 Å². The van der Waals surface area contributed by atoms with Gasteiger partial charge in [-0.25, -0.2) is 0 Å². The zero-order valence-corrected chi connectivity index (χ0v) is 15.9. The molecule has 2 aromatic carbocycles. The van der Waals surface area contributed by atoms with Crippen LogP contribution >= 0.6 is 0 Å². The standard InChI is InChI=1S/C21H23N3O3/c1-14-7-5-6-8-17(14)22-18(25)13-24-20(26)19(23-21(24,2)3)15-9-11-16(27-4)12-10-15/h5-12H,13H2,1-4H3,(H,22,25). The maximum absolute atomic E-state index is 12.9. The van der Waals surface area contributed by atoms with E-state index in [1.54, 1.807) is 31.4 Å². The van der Waals surface area contributed by atoms with Crippen molar-refractivity contribution in [1.29, 1.82) is 0 Å². The van der Waals surface area contributed by atoms with Crippen LogP contribution in [0.5, 0.6) is 5.75 Å². The molecule has 0 aromatic heterocycles. The summed E-state index contributed by atoms with van der Waals surface area (Å²) in [7, 11) is 1.59. The molecule has 0 aliphatic carbocycles. The van der Waals surface area contributed by atoms with Crippen LogP contribution in [0.1, 0.15) is 25.0 Å². The number of hydrogen-bond donors (Lipinski definition) is 1. The van der Waals surface area contributed by atoms with Crippen LogP contribution in [-0.4, -0.2) is 41.7 Å². The van der Waals surface area contributed by atoms with Crippen molar-refractivity contribution >= 4 is 23.2 Å². The normalized spacial score (nSPS) is 15.5. The number of nitrogens with one attached hydrogen (secondary N) is 1. The Morgan fingerprint density at radius 1 is 1.15 bits per heavy atom. The summed E-state index contributed by atoms with van der Waals surface area (Å²) >= 11 is 0. The molecule has 6 heteroatoms. The van der Waals surface area contributed by atoms with Crippen molar-refractivity contribution in [2.24, 2.45) is 4.99 Å². The zero-order chi connectivity index (χ0) is 19.6. The Bertz CT molecular complexity index is 901. The second-order valence-corrected chi connectivity index (χ2v) is 6.94. The number of benzene rings is 2. The molecule has 1 aliphatic heterocycles. The third-order valence-corrected chi connectivity index (χ3v) is 4.58. The highest BCUT2D eigenvalue weighted by Gasteiger charge is 2.41. The Hall–Kier alpha value is -3.15. The van der Waals surface area contributed by atoms with E-state index in [1.807, 2.05) is 45.0 Å². The molecule has 0 fully saturated rings. The van der Waals surface area contributed by atoms with Crippen molar-refractivity contribution in [3.8, 4) is 5.75 Å². The van der Waals surface area contributed by atoms with Crippen LogP contribution in [0.3, 0.4) is 0 Å². The smallest absolute Gasteiger partial charge is 0.275 e. The van der Waals surface area contributed by atoms with Crippen LogP contribution < -0.4 is 10.1 Å². The summed E-state index contributed by atoms with van der Waals surface area (Å²) < 4.78 is 5.15. The number of para-hydroxylation sites is 1. The number of amides is 2. The summed E-state index contributed by atoms with van der Waals surface area (Å²) in [6, 6.07) is 14.7. The fraction of sp³-hybridized carbons (Fsp3) is 0.286.